The number of nitrogens with zero attached hydrogens (tertiary/aromatic N) is 7. The third-order valence-corrected chi connectivity index (χ3v) is 6.40. The van der Waals surface area contributed by atoms with Crippen LogP contribution >= 0.6 is 0 Å². The first kappa shape index (κ1) is 21.1. The van der Waals surface area contributed by atoms with Crippen molar-refractivity contribution < 1.29 is 9.53 Å². The van der Waals surface area contributed by atoms with Gasteiger partial charge in [0.05, 0.1) is 36.2 Å². The van der Waals surface area contributed by atoms with Crippen molar-refractivity contribution in [3.63, 3.8) is 0 Å². The second kappa shape index (κ2) is 8.64. The molecule has 9 nitrogen and oxygen atoms in total. The first-order chi connectivity index (χ1) is 16.1. The second-order valence-corrected chi connectivity index (χ2v) is 8.43. The first-order valence-corrected chi connectivity index (χ1v) is 11.1. The molecule has 9 heteroatoms. The Balaban J connectivity index is 1.45. The third-order valence-electron chi connectivity index (χ3n) is 6.40. The molecule has 0 spiro atoms. The van der Waals surface area contributed by atoms with Gasteiger partial charge in [-0.15, -0.1) is 5.10 Å². The average molecular weight is 444 g/mol. The SMILES string of the molecule is Cc1c(C(=O)N2CCOC[C@H]2C)nnn1-c1cccc2c1CCN(c1ncccc1C#N)C2. The molecule has 168 valence electrons. The van der Waals surface area contributed by atoms with Crippen LogP contribution < -0.4 is 4.90 Å². The zero-order valence-electron chi connectivity index (χ0n) is 18.7. The van der Waals surface area contributed by atoms with E-state index in [4.69, 9.17) is 4.74 Å². The number of nitriles is 1. The van der Waals surface area contributed by atoms with E-state index < -0.39 is 0 Å². The monoisotopic (exact) mass is 443 g/mol. The highest BCUT2D eigenvalue weighted by molar-refractivity contribution is 5.93. The molecule has 1 fully saturated rings. The highest BCUT2D eigenvalue weighted by Crippen LogP contribution is 2.29. The topological polar surface area (TPSA) is 100 Å². The van der Waals surface area contributed by atoms with Crippen LogP contribution in [0.25, 0.3) is 5.69 Å². The fourth-order valence-corrected chi connectivity index (χ4v) is 4.63. The van der Waals surface area contributed by atoms with Gasteiger partial charge in [0.1, 0.15) is 11.9 Å². The number of fused-ring (bicyclic) bond motifs is 1. The summed E-state index contributed by atoms with van der Waals surface area (Å²) in [4.78, 5) is 21.5. The summed E-state index contributed by atoms with van der Waals surface area (Å²) in [7, 11) is 0. The maximum atomic E-state index is 13.1. The number of rotatable bonds is 3. The van der Waals surface area contributed by atoms with Crippen LogP contribution in [-0.4, -0.2) is 63.1 Å². The van der Waals surface area contributed by atoms with Gasteiger partial charge >= 0.3 is 0 Å². The van der Waals surface area contributed by atoms with E-state index >= 15 is 0 Å². The van der Waals surface area contributed by atoms with E-state index in [1.807, 2.05) is 30.9 Å². The minimum atomic E-state index is -0.107. The summed E-state index contributed by atoms with van der Waals surface area (Å²) in [6.45, 7) is 6.89. The van der Waals surface area contributed by atoms with Gasteiger partial charge in [-0.05, 0) is 49.6 Å². The van der Waals surface area contributed by atoms with Crippen molar-refractivity contribution in [3.8, 4) is 11.8 Å². The number of morpholine rings is 1. The van der Waals surface area contributed by atoms with Crippen molar-refractivity contribution in [2.24, 2.45) is 0 Å². The molecule has 0 radical (unpaired) electrons. The molecule has 2 aromatic heterocycles. The maximum Gasteiger partial charge on any atom is 0.276 e. The number of ether oxygens (including phenoxy) is 1. The molecular weight excluding hydrogens is 418 g/mol. The van der Waals surface area contributed by atoms with Crippen LogP contribution in [0.2, 0.25) is 0 Å². The maximum absolute atomic E-state index is 13.1. The van der Waals surface area contributed by atoms with Gasteiger partial charge in [0.15, 0.2) is 5.69 Å². The Hall–Kier alpha value is -3.77. The molecule has 0 N–H and O–H groups in total. The highest BCUT2D eigenvalue weighted by atomic mass is 16.5. The number of aromatic nitrogens is 4. The van der Waals surface area contributed by atoms with E-state index in [1.54, 1.807) is 23.0 Å². The molecule has 33 heavy (non-hydrogen) atoms. The minimum Gasteiger partial charge on any atom is -0.377 e. The van der Waals surface area contributed by atoms with Gasteiger partial charge in [-0.2, -0.15) is 5.26 Å². The van der Waals surface area contributed by atoms with Crippen molar-refractivity contribution in [2.45, 2.75) is 32.9 Å². The molecular formula is C24H25N7O2. The van der Waals surface area contributed by atoms with E-state index in [1.165, 1.54) is 5.56 Å². The van der Waals surface area contributed by atoms with E-state index in [2.05, 4.69) is 32.3 Å². The number of carbonyl (C=O) groups is 1. The molecule has 0 aliphatic carbocycles. The molecule has 0 bridgehead atoms. The van der Waals surface area contributed by atoms with Gasteiger partial charge < -0.3 is 14.5 Å². The van der Waals surface area contributed by atoms with Crippen LogP contribution in [0.3, 0.4) is 0 Å². The van der Waals surface area contributed by atoms with Crippen LogP contribution in [-0.2, 0) is 17.7 Å². The molecule has 1 saturated heterocycles. The lowest BCUT2D eigenvalue weighted by atomic mass is 9.97. The molecule has 4 heterocycles. The number of anilines is 1. The van der Waals surface area contributed by atoms with Crippen LogP contribution in [0.5, 0.6) is 0 Å². The van der Waals surface area contributed by atoms with Crippen LogP contribution in [0.15, 0.2) is 36.5 Å². The van der Waals surface area contributed by atoms with E-state index in [0.29, 0.717) is 43.4 Å². The summed E-state index contributed by atoms with van der Waals surface area (Å²) in [5, 5.41) is 18.1. The Kier molecular flexibility index (Phi) is 5.52. The summed E-state index contributed by atoms with van der Waals surface area (Å²) in [6, 6.07) is 11.9. The number of carbonyl (C=O) groups excluding carboxylic acids is 1. The zero-order chi connectivity index (χ0) is 22.9. The molecule has 1 aromatic carbocycles. The first-order valence-electron chi connectivity index (χ1n) is 11.1. The van der Waals surface area contributed by atoms with Crippen molar-refractivity contribution >= 4 is 11.7 Å². The van der Waals surface area contributed by atoms with Crippen LogP contribution in [0, 0.1) is 18.3 Å². The summed E-state index contributed by atoms with van der Waals surface area (Å²) < 4.78 is 7.23. The Morgan fingerprint density at radius 3 is 2.94 bits per heavy atom. The molecule has 1 amide bonds. The van der Waals surface area contributed by atoms with Crippen molar-refractivity contribution in [1.82, 2.24) is 24.9 Å². The Morgan fingerprint density at radius 2 is 2.12 bits per heavy atom. The summed E-state index contributed by atoms with van der Waals surface area (Å²) in [6.07, 6.45) is 2.49. The van der Waals surface area contributed by atoms with Crippen LogP contribution in [0.1, 0.15) is 39.8 Å². The van der Waals surface area contributed by atoms with Gasteiger partial charge in [0.25, 0.3) is 5.91 Å². The molecule has 5 rings (SSSR count). The van der Waals surface area contributed by atoms with E-state index in [9.17, 15) is 10.1 Å². The molecule has 1 atom stereocenters. The molecule has 0 saturated carbocycles. The second-order valence-electron chi connectivity index (χ2n) is 8.43. The summed E-state index contributed by atoms with van der Waals surface area (Å²) >= 11 is 0. The molecule has 2 aliphatic heterocycles. The van der Waals surface area contributed by atoms with Gasteiger partial charge in [0, 0.05) is 25.8 Å². The normalized spacial score (nSPS) is 18.0. The van der Waals surface area contributed by atoms with Crippen molar-refractivity contribution in [2.75, 3.05) is 31.2 Å². The largest absolute Gasteiger partial charge is 0.377 e. The van der Waals surface area contributed by atoms with Gasteiger partial charge in [-0.3, -0.25) is 4.79 Å². The standard InChI is InChI=1S/C24H25N7O2/c1-16-15-33-12-11-30(16)24(32)22-17(2)31(28-27-22)21-7-3-5-19-14-29(10-8-20(19)21)23-18(13-25)6-4-9-26-23/h3-7,9,16H,8,10-12,14-15H2,1-2H3/t16-/m1/s1. The smallest absolute Gasteiger partial charge is 0.276 e. The zero-order valence-corrected chi connectivity index (χ0v) is 18.7. The summed E-state index contributed by atoms with van der Waals surface area (Å²) in [5.41, 5.74) is 4.95. The Morgan fingerprint density at radius 1 is 1.24 bits per heavy atom. The van der Waals surface area contributed by atoms with Crippen molar-refractivity contribution in [3.05, 3.63) is 64.6 Å². The number of amides is 1. The van der Waals surface area contributed by atoms with Gasteiger partial charge in [-0.1, -0.05) is 17.3 Å². The number of hydrogen-bond acceptors (Lipinski definition) is 7. The summed E-state index contributed by atoms with van der Waals surface area (Å²) in [5.74, 6) is 0.602. The molecule has 0 unspecified atom stereocenters. The van der Waals surface area contributed by atoms with E-state index in [0.717, 1.165) is 29.9 Å². The highest BCUT2D eigenvalue weighted by Gasteiger charge is 2.30. The predicted molar refractivity (Wildman–Crippen MR) is 121 cm³/mol. The fourth-order valence-electron chi connectivity index (χ4n) is 4.63. The number of benzene rings is 1. The molecule has 2 aliphatic rings. The Labute approximate surface area is 192 Å². The minimum absolute atomic E-state index is 0.0103. The quantitative estimate of drug-likeness (QED) is 0.612. The number of hydrogen-bond donors (Lipinski definition) is 0. The molecule has 3 aromatic rings. The third kappa shape index (κ3) is 3.72. The fraction of sp³-hybridized carbons (Fsp3) is 0.375. The van der Waals surface area contributed by atoms with Gasteiger partial charge in [-0.25, -0.2) is 9.67 Å². The van der Waals surface area contributed by atoms with E-state index in [-0.39, 0.29) is 11.9 Å². The van der Waals surface area contributed by atoms with Gasteiger partial charge in [0.2, 0.25) is 0 Å². The van der Waals surface area contributed by atoms with Crippen LogP contribution in [0.4, 0.5) is 5.82 Å². The Bertz CT molecular complexity index is 1250. The lowest BCUT2D eigenvalue weighted by Gasteiger charge is -2.32. The predicted octanol–water partition coefficient (Wildman–Crippen LogP) is 2.27. The average Bonchev–Trinajstić information content (AvgIpc) is 3.24. The lowest BCUT2D eigenvalue weighted by Crippen LogP contribution is -2.47. The number of pyridine rings is 1. The van der Waals surface area contributed by atoms with Crippen molar-refractivity contribution in [1.29, 1.82) is 5.26 Å². The lowest BCUT2D eigenvalue weighted by molar-refractivity contribution is 0.00322.